The summed E-state index contributed by atoms with van der Waals surface area (Å²) in [6.07, 6.45) is 4.08. The van der Waals surface area contributed by atoms with Crippen LogP contribution in [0.4, 0.5) is 5.69 Å². The molecule has 0 aromatic heterocycles. The number of benzene rings is 1. The van der Waals surface area contributed by atoms with Crippen LogP contribution in [0.3, 0.4) is 0 Å². The zero-order chi connectivity index (χ0) is 21.3. The predicted octanol–water partition coefficient (Wildman–Crippen LogP) is 3.79. The fraction of sp³-hybridized carbons (Fsp3) is 0.579. The maximum absolute atomic E-state index is 13.2. The molecule has 0 fully saturated rings. The van der Waals surface area contributed by atoms with Gasteiger partial charge in [-0.2, -0.15) is 8.42 Å². The lowest BCUT2D eigenvalue weighted by Crippen LogP contribution is -2.49. The van der Waals surface area contributed by atoms with Crippen LogP contribution in [0.1, 0.15) is 57.9 Å². The Morgan fingerprint density at radius 3 is 2.54 bits per heavy atom. The van der Waals surface area contributed by atoms with Crippen LogP contribution >= 0.6 is 12.2 Å². The van der Waals surface area contributed by atoms with Gasteiger partial charge in [-0.25, -0.2) is 0 Å². The van der Waals surface area contributed by atoms with Crippen LogP contribution in [-0.2, 0) is 15.3 Å². The smallest absolute Gasteiger partial charge is 0.316 e. The van der Waals surface area contributed by atoms with Crippen molar-refractivity contribution in [2.75, 3.05) is 14.2 Å². The van der Waals surface area contributed by atoms with E-state index < -0.39 is 16.4 Å². The van der Waals surface area contributed by atoms with Gasteiger partial charge in [-0.15, -0.1) is 4.36 Å². The molecular formula is C19H29N3O4S2. The topological polar surface area (TPSA) is 88.1 Å². The van der Waals surface area contributed by atoms with Crippen LogP contribution in [0.25, 0.3) is 0 Å². The Morgan fingerprint density at radius 1 is 1.32 bits per heavy atom. The average Bonchev–Trinajstić information content (AvgIpc) is 2.66. The molecule has 9 heteroatoms. The maximum Gasteiger partial charge on any atom is 0.316 e. The molecule has 0 aliphatic heterocycles. The molecule has 0 aliphatic rings. The summed E-state index contributed by atoms with van der Waals surface area (Å²) in [6.45, 7) is 5.89. The second-order valence-corrected chi connectivity index (χ2v) is 7.57. The number of hydrogen-bond donors (Lipinski definition) is 1. The summed E-state index contributed by atoms with van der Waals surface area (Å²) < 4.78 is 30.6. The molecule has 7 nitrogen and oxygen atoms in total. The van der Waals surface area contributed by atoms with Crippen molar-refractivity contribution in [2.45, 2.75) is 58.4 Å². The zero-order valence-corrected chi connectivity index (χ0v) is 18.7. The number of nitrogens with one attached hydrogen (secondary N) is 1. The maximum atomic E-state index is 13.2. The summed E-state index contributed by atoms with van der Waals surface area (Å²) in [5.41, 5.74) is 0.798. The minimum absolute atomic E-state index is 0.0435. The van der Waals surface area contributed by atoms with Gasteiger partial charge in [-0.3, -0.25) is 9.69 Å². The van der Waals surface area contributed by atoms with Crippen molar-refractivity contribution in [2.24, 2.45) is 4.36 Å². The second-order valence-electron chi connectivity index (χ2n) is 6.57. The number of amides is 1. The first-order valence-corrected chi connectivity index (χ1v) is 10.7. The van der Waals surface area contributed by atoms with E-state index in [9.17, 15) is 13.2 Å². The highest BCUT2D eigenvalue weighted by Gasteiger charge is 2.29. The standard InChI is InChI=1S/C19H29N3O4S2/c1-6-7-8-9-13(2)22(19(27)20-4)18(23)14(3)15-10-11-17(26-5)16(12-15)21-28(24)25/h10-14H,6-9H2,1-5H3,(H,20,27). The van der Waals surface area contributed by atoms with Crippen molar-refractivity contribution < 1.29 is 17.9 Å². The average molecular weight is 428 g/mol. The molecule has 1 aromatic rings. The molecule has 1 aromatic carbocycles. The molecular weight excluding hydrogens is 398 g/mol. The van der Waals surface area contributed by atoms with Gasteiger partial charge in [0.2, 0.25) is 5.91 Å². The lowest BCUT2D eigenvalue weighted by atomic mass is 9.97. The van der Waals surface area contributed by atoms with Gasteiger partial charge < -0.3 is 10.1 Å². The minimum Gasteiger partial charge on any atom is -0.494 e. The Balaban J connectivity index is 3.18. The molecule has 2 atom stereocenters. The Labute approximate surface area is 174 Å². The van der Waals surface area contributed by atoms with Crippen LogP contribution in [0.15, 0.2) is 22.6 Å². The monoisotopic (exact) mass is 427 g/mol. The van der Waals surface area contributed by atoms with E-state index in [2.05, 4.69) is 16.6 Å². The Hall–Kier alpha value is -2.00. The molecule has 156 valence electrons. The van der Waals surface area contributed by atoms with Crippen molar-refractivity contribution in [3.05, 3.63) is 23.8 Å². The third-order valence-corrected chi connectivity index (χ3v) is 5.33. The van der Waals surface area contributed by atoms with Gasteiger partial charge in [-0.1, -0.05) is 32.3 Å². The first-order valence-electron chi connectivity index (χ1n) is 9.30. The van der Waals surface area contributed by atoms with E-state index in [1.165, 1.54) is 7.11 Å². The number of ether oxygens (including phenoxy) is 1. The van der Waals surface area contributed by atoms with Crippen molar-refractivity contribution in [1.82, 2.24) is 10.2 Å². The molecule has 0 spiro atoms. The summed E-state index contributed by atoms with van der Waals surface area (Å²) in [6, 6.07) is 4.85. The number of thiocarbonyl (C=S) groups is 1. The van der Waals surface area contributed by atoms with Crippen LogP contribution in [0.2, 0.25) is 0 Å². The van der Waals surface area contributed by atoms with Crippen molar-refractivity contribution in [3.63, 3.8) is 0 Å². The van der Waals surface area contributed by atoms with E-state index in [0.717, 1.165) is 25.7 Å². The van der Waals surface area contributed by atoms with Crippen LogP contribution < -0.4 is 10.1 Å². The quantitative estimate of drug-likeness (QED) is 0.476. The summed E-state index contributed by atoms with van der Waals surface area (Å²) >= 11 is 5.37. The Kier molecular flexibility index (Phi) is 10.1. The predicted molar refractivity (Wildman–Crippen MR) is 115 cm³/mol. The van der Waals surface area contributed by atoms with Crippen LogP contribution in [-0.4, -0.2) is 44.5 Å². The number of unbranched alkanes of at least 4 members (excludes halogenated alkanes) is 2. The molecule has 0 bridgehead atoms. The van der Waals surface area contributed by atoms with E-state index in [0.29, 0.717) is 16.4 Å². The van der Waals surface area contributed by atoms with Crippen molar-refractivity contribution in [1.29, 1.82) is 0 Å². The molecule has 0 heterocycles. The fourth-order valence-corrected chi connectivity index (χ4v) is 3.51. The molecule has 0 saturated carbocycles. The highest BCUT2D eigenvalue weighted by Crippen LogP contribution is 2.32. The van der Waals surface area contributed by atoms with Gasteiger partial charge in [-0.05, 0) is 50.2 Å². The van der Waals surface area contributed by atoms with Crippen molar-refractivity contribution >= 4 is 39.4 Å². The SMILES string of the molecule is CCCCCC(C)N(C(=O)C(C)c1ccc(OC)c(N=S(=O)=O)c1)C(=S)NC. The van der Waals surface area contributed by atoms with Crippen LogP contribution in [0, 0.1) is 0 Å². The van der Waals surface area contributed by atoms with Gasteiger partial charge in [0.05, 0.1) is 13.0 Å². The summed E-state index contributed by atoms with van der Waals surface area (Å²) in [4.78, 5) is 14.8. The Bertz CT molecular complexity index is 816. The molecule has 1 amide bonds. The van der Waals surface area contributed by atoms with E-state index in [1.807, 2.05) is 6.92 Å². The highest BCUT2D eigenvalue weighted by molar-refractivity contribution is 7.80. The number of nitrogens with zero attached hydrogens (tertiary/aromatic N) is 2. The molecule has 0 saturated heterocycles. The number of methoxy groups -OCH3 is 1. The normalized spacial score (nSPS) is 12.6. The van der Waals surface area contributed by atoms with E-state index >= 15 is 0 Å². The molecule has 0 radical (unpaired) electrons. The first-order chi connectivity index (χ1) is 13.3. The molecule has 1 N–H and O–H groups in total. The number of carbonyl (C=O) groups is 1. The van der Waals surface area contributed by atoms with Crippen molar-refractivity contribution in [3.8, 4) is 5.75 Å². The second kappa shape index (κ2) is 11.8. The summed E-state index contributed by atoms with van der Waals surface area (Å²) in [7, 11) is 0.505. The molecule has 2 unspecified atom stereocenters. The minimum atomic E-state index is -2.62. The van der Waals surface area contributed by atoms with Crippen LogP contribution in [0.5, 0.6) is 5.75 Å². The summed E-state index contributed by atoms with van der Waals surface area (Å²) in [5, 5.41) is 3.27. The lowest BCUT2D eigenvalue weighted by Gasteiger charge is -2.32. The number of hydrogen-bond acceptors (Lipinski definition) is 6. The van der Waals surface area contributed by atoms with Gasteiger partial charge in [0, 0.05) is 13.1 Å². The van der Waals surface area contributed by atoms with E-state index in [-0.39, 0.29) is 17.6 Å². The largest absolute Gasteiger partial charge is 0.494 e. The summed E-state index contributed by atoms with van der Waals surface area (Å²) in [5.74, 6) is -0.356. The molecule has 28 heavy (non-hydrogen) atoms. The van der Waals surface area contributed by atoms with Gasteiger partial charge in [0.1, 0.15) is 11.4 Å². The van der Waals surface area contributed by atoms with Gasteiger partial charge in [0.15, 0.2) is 5.11 Å². The third kappa shape index (κ3) is 6.56. The third-order valence-electron chi connectivity index (χ3n) is 4.58. The zero-order valence-electron chi connectivity index (χ0n) is 17.1. The first kappa shape index (κ1) is 24.0. The lowest BCUT2D eigenvalue weighted by molar-refractivity contribution is -0.130. The van der Waals surface area contributed by atoms with Gasteiger partial charge in [0.25, 0.3) is 0 Å². The van der Waals surface area contributed by atoms with E-state index in [4.69, 9.17) is 17.0 Å². The number of carbonyl (C=O) groups excluding carboxylic acids is 1. The fourth-order valence-electron chi connectivity index (χ4n) is 2.94. The number of rotatable bonds is 9. The van der Waals surface area contributed by atoms with E-state index in [1.54, 1.807) is 37.1 Å². The Morgan fingerprint density at radius 2 is 2.00 bits per heavy atom. The molecule has 0 aliphatic carbocycles. The molecule has 1 rings (SSSR count). The highest BCUT2D eigenvalue weighted by atomic mass is 32.2. The van der Waals surface area contributed by atoms with Gasteiger partial charge >= 0.3 is 10.5 Å².